The van der Waals surface area contributed by atoms with Crippen molar-refractivity contribution in [2.45, 2.75) is 32.3 Å². The first-order chi connectivity index (χ1) is 8.31. The van der Waals surface area contributed by atoms with Crippen LogP contribution in [-0.4, -0.2) is 46.1 Å². The lowest BCUT2D eigenvalue weighted by molar-refractivity contribution is -0.190. The number of rotatable bonds is 5. The van der Waals surface area contributed by atoms with Gasteiger partial charge in [-0.3, -0.25) is 4.79 Å². The topological polar surface area (TPSA) is 104 Å². The lowest BCUT2D eigenvalue weighted by Crippen LogP contribution is -2.57. The fraction of sp³-hybridized carbons (Fsp3) is 0.833. The Kier molecular flexibility index (Phi) is 4.70. The molecule has 0 radical (unpaired) electrons. The van der Waals surface area contributed by atoms with E-state index in [4.69, 9.17) is 4.74 Å². The molecule has 1 aliphatic heterocycles. The van der Waals surface area contributed by atoms with Gasteiger partial charge >= 0.3 is 11.9 Å². The quantitative estimate of drug-likeness (QED) is 0.668. The van der Waals surface area contributed by atoms with Crippen LogP contribution in [0.1, 0.15) is 26.7 Å². The minimum atomic E-state index is -2.23. The lowest BCUT2D eigenvalue weighted by atomic mass is 9.69. The molecule has 1 heterocycles. The van der Waals surface area contributed by atoms with Gasteiger partial charge in [-0.15, -0.1) is 0 Å². The Morgan fingerprint density at radius 3 is 2.06 bits per heavy atom. The summed E-state index contributed by atoms with van der Waals surface area (Å²) in [5.41, 5.74) is -2.23. The average molecular weight is 260 g/mol. The number of aliphatic carboxylic acids is 2. The third-order valence-electron chi connectivity index (χ3n) is 3.59. The van der Waals surface area contributed by atoms with Gasteiger partial charge in [-0.1, -0.05) is 13.8 Å². The number of carboxylic acids is 2. The van der Waals surface area contributed by atoms with Gasteiger partial charge in [0.25, 0.3) is 0 Å². The van der Waals surface area contributed by atoms with Crippen LogP contribution in [0.4, 0.5) is 0 Å². The molecule has 18 heavy (non-hydrogen) atoms. The van der Waals surface area contributed by atoms with Crippen molar-refractivity contribution in [3.8, 4) is 0 Å². The highest BCUT2D eigenvalue weighted by molar-refractivity contribution is 5.86. The SMILES string of the molecule is CC(C)C(C(=O)O)C(O)(C(=O)O)C1CCOCC1. The number of aliphatic hydroxyl groups is 1. The highest BCUT2D eigenvalue weighted by Gasteiger charge is 2.54. The van der Waals surface area contributed by atoms with Gasteiger partial charge in [-0.25, -0.2) is 4.79 Å². The summed E-state index contributed by atoms with van der Waals surface area (Å²) >= 11 is 0. The second-order valence-corrected chi connectivity index (χ2v) is 5.08. The van der Waals surface area contributed by atoms with Crippen molar-refractivity contribution in [3.63, 3.8) is 0 Å². The van der Waals surface area contributed by atoms with Crippen molar-refractivity contribution >= 4 is 11.9 Å². The maximum absolute atomic E-state index is 11.4. The van der Waals surface area contributed by atoms with Crippen molar-refractivity contribution in [3.05, 3.63) is 0 Å². The van der Waals surface area contributed by atoms with Crippen LogP contribution in [-0.2, 0) is 14.3 Å². The third-order valence-corrected chi connectivity index (χ3v) is 3.59. The Labute approximate surface area is 106 Å². The van der Waals surface area contributed by atoms with E-state index in [2.05, 4.69) is 0 Å². The molecule has 0 amide bonds. The van der Waals surface area contributed by atoms with E-state index >= 15 is 0 Å². The molecular weight excluding hydrogens is 240 g/mol. The van der Waals surface area contributed by atoms with Crippen LogP contribution in [0.2, 0.25) is 0 Å². The zero-order chi connectivity index (χ0) is 13.9. The Balaban J connectivity index is 3.11. The summed E-state index contributed by atoms with van der Waals surface area (Å²) < 4.78 is 5.12. The lowest BCUT2D eigenvalue weighted by Gasteiger charge is -2.40. The molecule has 1 saturated heterocycles. The highest BCUT2D eigenvalue weighted by atomic mass is 16.5. The predicted molar refractivity (Wildman–Crippen MR) is 62.1 cm³/mol. The zero-order valence-corrected chi connectivity index (χ0v) is 10.6. The molecule has 0 aromatic rings. The molecular formula is C12H20O6. The van der Waals surface area contributed by atoms with E-state index in [1.54, 1.807) is 13.8 Å². The molecule has 2 atom stereocenters. The predicted octanol–water partition coefficient (Wildman–Crippen LogP) is 0.585. The first-order valence-corrected chi connectivity index (χ1v) is 6.08. The maximum atomic E-state index is 11.4. The monoisotopic (exact) mass is 260 g/mol. The number of hydrogen-bond donors (Lipinski definition) is 3. The molecule has 1 rings (SSSR count). The third kappa shape index (κ3) is 2.64. The minimum absolute atomic E-state index is 0.352. The van der Waals surface area contributed by atoms with Gasteiger partial charge in [-0.2, -0.15) is 0 Å². The van der Waals surface area contributed by atoms with Crippen LogP contribution >= 0.6 is 0 Å². The van der Waals surface area contributed by atoms with E-state index in [9.17, 15) is 24.9 Å². The van der Waals surface area contributed by atoms with Crippen molar-refractivity contribution in [2.24, 2.45) is 17.8 Å². The van der Waals surface area contributed by atoms with Crippen molar-refractivity contribution in [1.29, 1.82) is 0 Å². The molecule has 3 N–H and O–H groups in total. The molecule has 0 aliphatic carbocycles. The number of carbonyl (C=O) groups is 2. The fourth-order valence-corrected chi connectivity index (χ4v) is 2.68. The van der Waals surface area contributed by atoms with Crippen LogP contribution < -0.4 is 0 Å². The molecule has 1 fully saturated rings. The van der Waals surface area contributed by atoms with Gasteiger partial charge in [0, 0.05) is 19.1 Å². The molecule has 0 spiro atoms. The summed E-state index contributed by atoms with van der Waals surface area (Å²) in [5, 5.41) is 29.0. The largest absolute Gasteiger partial charge is 0.481 e. The maximum Gasteiger partial charge on any atom is 0.336 e. The van der Waals surface area contributed by atoms with E-state index in [0.717, 1.165) is 0 Å². The van der Waals surface area contributed by atoms with E-state index in [1.165, 1.54) is 0 Å². The molecule has 0 aromatic carbocycles. The molecule has 6 nitrogen and oxygen atoms in total. The molecule has 0 saturated carbocycles. The Morgan fingerprint density at radius 2 is 1.72 bits per heavy atom. The van der Waals surface area contributed by atoms with Crippen LogP contribution in [0.3, 0.4) is 0 Å². The molecule has 1 aliphatic rings. The summed E-state index contributed by atoms with van der Waals surface area (Å²) in [6.07, 6.45) is 0.721. The fourth-order valence-electron chi connectivity index (χ4n) is 2.68. The van der Waals surface area contributed by atoms with Crippen molar-refractivity contribution in [1.82, 2.24) is 0 Å². The van der Waals surface area contributed by atoms with Gasteiger partial charge in [0.05, 0.1) is 5.92 Å². The first-order valence-electron chi connectivity index (χ1n) is 6.08. The molecule has 2 unspecified atom stereocenters. The molecule has 0 bridgehead atoms. The Hall–Kier alpha value is -1.14. The molecule has 0 aromatic heterocycles. The standard InChI is InChI=1S/C12H20O6/c1-7(2)9(10(13)14)12(17,11(15)16)8-3-5-18-6-4-8/h7-9,17H,3-6H2,1-2H3,(H,13,14)(H,15,16). The summed E-state index contributed by atoms with van der Waals surface area (Å²) in [4.78, 5) is 22.7. The van der Waals surface area contributed by atoms with Crippen LogP contribution in [0.15, 0.2) is 0 Å². The first kappa shape index (κ1) is 14.9. The van der Waals surface area contributed by atoms with E-state index in [-0.39, 0.29) is 0 Å². The normalized spacial score (nSPS) is 22.4. The van der Waals surface area contributed by atoms with Gasteiger partial charge < -0.3 is 20.1 Å². The van der Waals surface area contributed by atoms with Gasteiger partial charge in [0.2, 0.25) is 0 Å². The zero-order valence-electron chi connectivity index (χ0n) is 10.6. The van der Waals surface area contributed by atoms with Gasteiger partial charge in [0.1, 0.15) is 0 Å². The molecule has 104 valence electrons. The van der Waals surface area contributed by atoms with Crippen LogP contribution in [0.5, 0.6) is 0 Å². The van der Waals surface area contributed by atoms with Crippen LogP contribution in [0, 0.1) is 17.8 Å². The Morgan fingerprint density at radius 1 is 1.22 bits per heavy atom. The van der Waals surface area contributed by atoms with Crippen molar-refractivity contribution < 1.29 is 29.6 Å². The second-order valence-electron chi connectivity index (χ2n) is 5.08. The average Bonchev–Trinajstić information content (AvgIpc) is 2.28. The number of ether oxygens (including phenoxy) is 1. The summed E-state index contributed by atoms with van der Waals surface area (Å²) in [6.45, 7) is 3.91. The summed E-state index contributed by atoms with van der Waals surface area (Å²) in [5.74, 6) is -5.12. The summed E-state index contributed by atoms with van der Waals surface area (Å²) in [7, 11) is 0. The van der Waals surface area contributed by atoms with Crippen LogP contribution in [0.25, 0.3) is 0 Å². The molecule has 6 heteroatoms. The smallest absolute Gasteiger partial charge is 0.336 e. The Bertz CT molecular complexity index is 321. The minimum Gasteiger partial charge on any atom is -0.481 e. The second kappa shape index (κ2) is 5.67. The number of hydrogen-bond acceptors (Lipinski definition) is 4. The summed E-state index contributed by atoms with van der Waals surface area (Å²) in [6, 6.07) is 0. The van der Waals surface area contributed by atoms with E-state index in [1.807, 2.05) is 0 Å². The van der Waals surface area contributed by atoms with Gasteiger partial charge in [-0.05, 0) is 18.8 Å². The highest BCUT2D eigenvalue weighted by Crippen LogP contribution is 2.37. The van der Waals surface area contributed by atoms with E-state index < -0.39 is 35.3 Å². The number of carboxylic acid groups (broad SMARTS) is 2. The van der Waals surface area contributed by atoms with Gasteiger partial charge in [0.15, 0.2) is 5.60 Å². The van der Waals surface area contributed by atoms with E-state index in [0.29, 0.717) is 26.1 Å². The van der Waals surface area contributed by atoms with Crippen molar-refractivity contribution in [2.75, 3.05) is 13.2 Å².